The highest BCUT2D eigenvalue weighted by Crippen LogP contribution is 2.34. The van der Waals surface area contributed by atoms with Gasteiger partial charge in [-0.3, -0.25) is 4.79 Å². The summed E-state index contributed by atoms with van der Waals surface area (Å²) >= 11 is 1.14. The van der Waals surface area contributed by atoms with Crippen molar-refractivity contribution in [1.29, 1.82) is 0 Å². The summed E-state index contributed by atoms with van der Waals surface area (Å²) in [5.74, 6) is -0.540. The van der Waals surface area contributed by atoms with Crippen LogP contribution >= 0.6 is 11.8 Å². The Morgan fingerprint density at radius 2 is 2.07 bits per heavy atom. The number of nitrogens with one attached hydrogen (secondary N) is 1. The summed E-state index contributed by atoms with van der Waals surface area (Å²) in [7, 11) is 0. The zero-order valence-corrected chi connectivity index (χ0v) is 16.4. The number of carbonyl (C=O) groups is 1. The van der Waals surface area contributed by atoms with Crippen LogP contribution in [0.5, 0.6) is 0 Å². The van der Waals surface area contributed by atoms with E-state index in [-0.39, 0.29) is 23.2 Å². The molecule has 1 amide bonds. The number of carbonyl (C=O) groups excluding carboxylic acids is 1. The minimum Gasteiger partial charge on any atom is -0.323 e. The van der Waals surface area contributed by atoms with Crippen LogP contribution in [0, 0.1) is 0 Å². The fourth-order valence-corrected chi connectivity index (χ4v) is 4.06. The number of aromatic nitrogens is 7. The first-order chi connectivity index (χ1) is 14.4. The molecular formula is C17H17F3N8OS. The molecule has 0 aliphatic heterocycles. The molecule has 1 N–H and O–H groups in total. The van der Waals surface area contributed by atoms with E-state index < -0.39 is 17.6 Å². The van der Waals surface area contributed by atoms with Gasteiger partial charge in [-0.15, -0.1) is 5.10 Å². The zero-order chi connectivity index (χ0) is 21.1. The third-order valence-corrected chi connectivity index (χ3v) is 5.66. The summed E-state index contributed by atoms with van der Waals surface area (Å²) in [6.07, 6.45) is 2.22. The van der Waals surface area contributed by atoms with Gasteiger partial charge in [0.05, 0.1) is 28.7 Å². The van der Waals surface area contributed by atoms with Crippen molar-refractivity contribution in [2.75, 3.05) is 11.1 Å². The number of rotatable bonds is 6. The van der Waals surface area contributed by atoms with E-state index in [1.165, 1.54) is 23.4 Å². The summed E-state index contributed by atoms with van der Waals surface area (Å²) in [6.45, 7) is 0. The molecule has 30 heavy (non-hydrogen) atoms. The van der Waals surface area contributed by atoms with E-state index in [0.717, 1.165) is 49.6 Å². The van der Waals surface area contributed by atoms with Crippen molar-refractivity contribution in [3.63, 3.8) is 0 Å². The first-order valence-electron chi connectivity index (χ1n) is 9.18. The minimum absolute atomic E-state index is 0.0173. The third kappa shape index (κ3) is 4.45. The largest absolute Gasteiger partial charge is 0.416 e. The summed E-state index contributed by atoms with van der Waals surface area (Å²) in [5, 5.41) is 18.6. The minimum atomic E-state index is -4.54. The molecule has 2 aromatic heterocycles. The van der Waals surface area contributed by atoms with Crippen molar-refractivity contribution < 1.29 is 18.0 Å². The lowest BCUT2D eigenvalue weighted by atomic mass is 10.1. The highest BCUT2D eigenvalue weighted by atomic mass is 32.2. The number of hydrogen-bond donors (Lipinski definition) is 1. The van der Waals surface area contributed by atoms with Crippen molar-refractivity contribution in [1.82, 2.24) is 35.0 Å². The predicted octanol–water partition coefficient (Wildman–Crippen LogP) is 3.12. The molecule has 1 saturated carbocycles. The molecule has 0 atom stereocenters. The van der Waals surface area contributed by atoms with Crippen molar-refractivity contribution >= 4 is 23.4 Å². The van der Waals surface area contributed by atoms with Crippen LogP contribution in [0.4, 0.5) is 18.9 Å². The number of hydrogen-bond acceptors (Lipinski definition) is 7. The van der Waals surface area contributed by atoms with Gasteiger partial charge in [0, 0.05) is 0 Å². The van der Waals surface area contributed by atoms with Crippen molar-refractivity contribution in [2.45, 2.75) is 43.1 Å². The number of anilines is 1. The number of amides is 1. The molecule has 158 valence electrons. The second-order valence-electron chi connectivity index (χ2n) is 6.75. The smallest absolute Gasteiger partial charge is 0.323 e. The van der Waals surface area contributed by atoms with Crippen LogP contribution in [-0.4, -0.2) is 46.6 Å². The van der Waals surface area contributed by atoms with Crippen LogP contribution in [0.1, 0.15) is 37.3 Å². The Morgan fingerprint density at radius 1 is 1.27 bits per heavy atom. The molecule has 0 bridgehead atoms. The maximum absolute atomic E-state index is 13.1. The maximum atomic E-state index is 13.1. The van der Waals surface area contributed by atoms with Gasteiger partial charge in [-0.1, -0.05) is 24.6 Å². The Labute approximate surface area is 173 Å². The summed E-state index contributed by atoms with van der Waals surface area (Å²) in [6, 6.07) is 3.26. The molecule has 1 aliphatic rings. The zero-order valence-electron chi connectivity index (χ0n) is 15.6. The second-order valence-corrected chi connectivity index (χ2v) is 7.69. The number of benzene rings is 1. The van der Waals surface area contributed by atoms with Gasteiger partial charge >= 0.3 is 6.18 Å². The van der Waals surface area contributed by atoms with E-state index in [0.29, 0.717) is 5.16 Å². The van der Waals surface area contributed by atoms with Gasteiger partial charge in [0.2, 0.25) is 11.1 Å². The Balaban J connectivity index is 1.49. The number of thioether (sulfide) groups is 1. The van der Waals surface area contributed by atoms with E-state index >= 15 is 0 Å². The van der Waals surface area contributed by atoms with Gasteiger partial charge in [0.15, 0.2) is 0 Å². The van der Waals surface area contributed by atoms with Gasteiger partial charge in [0.25, 0.3) is 0 Å². The van der Waals surface area contributed by atoms with Gasteiger partial charge in [-0.05, 0) is 41.5 Å². The summed E-state index contributed by atoms with van der Waals surface area (Å²) in [5.41, 5.74) is -0.620. The molecule has 0 radical (unpaired) electrons. The Bertz CT molecular complexity index is 1010. The van der Waals surface area contributed by atoms with Crippen LogP contribution in [-0.2, 0) is 11.0 Å². The first kappa shape index (κ1) is 20.3. The van der Waals surface area contributed by atoms with Gasteiger partial charge in [-0.2, -0.15) is 18.3 Å². The lowest BCUT2D eigenvalue weighted by Gasteiger charge is -2.14. The fraction of sp³-hybridized carbons (Fsp3) is 0.412. The van der Waals surface area contributed by atoms with Crippen LogP contribution in [0.25, 0.3) is 5.69 Å². The standard InChI is InChI=1S/C17H17F3N8OS/c18-17(19,20)11-5-6-14(27-10-21-9-22-27)13(7-11)23-15(29)8-30-16-24-25-26-28(16)12-3-1-2-4-12/h5-7,9-10,12H,1-4,8H2,(H,23,29). The topological polar surface area (TPSA) is 103 Å². The SMILES string of the molecule is O=C(CSc1nnnn1C1CCCC1)Nc1cc(C(F)(F)F)ccc1-n1cncn1. The van der Waals surface area contributed by atoms with Crippen LogP contribution < -0.4 is 5.32 Å². The van der Waals surface area contributed by atoms with Gasteiger partial charge < -0.3 is 5.32 Å². The van der Waals surface area contributed by atoms with Crippen molar-refractivity contribution in [3.05, 3.63) is 36.4 Å². The number of halogens is 3. The van der Waals surface area contributed by atoms with E-state index in [1.54, 1.807) is 4.68 Å². The molecule has 13 heteroatoms. The first-order valence-corrected chi connectivity index (χ1v) is 10.2. The number of alkyl halides is 3. The summed E-state index contributed by atoms with van der Waals surface area (Å²) < 4.78 is 42.4. The molecule has 0 spiro atoms. The molecule has 1 fully saturated rings. The van der Waals surface area contributed by atoms with Gasteiger partial charge in [0.1, 0.15) is 12.7 Å². The Kier molecular flexibility index (Phi) is 5.70. The molecular weight excluding hydrogens is 421 g/mol. The monoisotopic (exact) mass is 438 g/mol. The highest BCUT2D eigenvalue weighted by molar-refractivity contribution is 7.99. The van der Waals surface area contributed by atoms with Crippen molar-refractivity contribution in [3.8, 4) is 5.69 Å². The molecule has 2 heterocycles. The highest BCUT2D eigenvalue weighted by Gasteiger charge is 2.31. The molecule has 0 unspecified atom stereocenters. The van der Waals surface area contributed by atoms with Crippen LogP contribution in [0.2, 0.25) is 0 Å². The number of nitrogens with zero attached hydrogens (tertiary/aromatic N) is 7. The second kappa shape index (κ2) is 8.42. The molecule has 4 rings (SSSR count). The van der Waals surface area contributed by atoms with E-state index in [9.17, 15) is 18.0 Å². The van der Waals surface area contributed by atoms with Crippen LogP contribution in [0.15, 0.2) is 36.0 Å². The van der Waals surface area contributed by atoms with E-state index in [2.05, 4.69) is 30.9 Å². The Hall–Kier alpha value is -2.96. The van der Waals surface area contributed by atoms with E-state index in [1.807, 2.05) is 0 Å². The number of tetrazole rings is 1. The lowest BCUT2D eigenvalue weighted by molar-refractivity contribution is -0.137. The molecule has 1 aromatic carbocycles. The van der Waals surface area contributed by atoms with Crippen molar-refractivity contribution in [2.24, 2.45) is 0 Å². The third-order valence-electron chi connectivity index (χ3n) is 4.73. The average Bonchev–Trinajstić information content (AvgIpc) is 3.47. The van der Waals surface area contributed by atoms with Crippen LogP contribution in [0.3, 0.4) is 0 Å². The Morgan fingerprint density at radius 3 is 2.77 bits per heavy atom. The lowest BCUT2D eigenvalue weighted by Crippen LogP contribution is -2.18. The molecule has 0 saturated heterocycles. The summed E-state index contributed by atoms with van der Waals surface area (Å²) in [4.78, 5) is 16.3. The molecule has 1 aliphatic carbocycles. The normalized spacial score (nSPS) is 14.9. The average molecular weight is 438 g/mol. The quantitative estimate of drug-likeness (QED) is 0.590. The molecule has 3 aromatic rings. The molecule has 9 nitrogen and oxygen atoms in total. The predicted molar refractivity (Wildman–Crippen MR) is 101 cm³/mol. The van der Waals surface area contributed by atoms with Gasteiger partial charge in [-0.25, -0.2) is 14.3 Å². The van der Waals surface area contributed by atoms with E-state index in [4.69, 9.17) is 0 Å². The maximum Gasteiger partial charge on any atom is 0.416 e. The fourth-order valence-electron chi connectivity index (χ4n) is 3.32.